The normalized spacial score (nSPS) is 15.3. The van der Waals surface area contributed by atoms with E-state index in [9.17, 15) is 4.79 Å². The fourth-order valence-electron chi connectivity index (χ4n) is 0.469. The van der Waals surface area contributed by atoms with Crippen LogP contribution in [-0.4, -0.2) is 40.4 Å². The number of aliphatic hydroxyl groups is 2. The summed E-state index contributed by atoms with van der Waals surface area (Å²) in [6.45, 7) is 0.879. The second kappa shape index (κ2) is 5.90. The molecule has 0 fully saturated rings. The van der Waals surface area contributed by atoms with E-state index in [1.54, 1.807) is 6.92 Å². The van der Waals surface area contributed by atoms with Crippen LogP contribution in [0.5, 0.6) is 0 Å². The molecular formula is C6H12O6. The van der Waals surface area contributed by atoms with Gasteiger partial charge in [-0.05, 0) is 0 Å². The van der Waals surface area contributed by atoms with Gasteiger partial charge in [0.25, 0.3) is 6.29 Å². The van der Waals surface area contributed by atoms with Crippen LogP contribution in [0.4, 0.5) is 0 Å². The Labute approximate surface area is 69.3 Å². The molecule has 0 aromatic carbocycles. The van der Waals surface area contributed by atoms with Crippen molar-refractivity contribution in [1.82, 2.24) is 0 Å². The molecule has 6 nitrogen and oxygen atoms in total. The average molecular weight is 180 g/mol. The van der Waals surface area contributed by atoms with Crippen molar-refractivity contribution in [3.63, 3.8) is 0 Å². The second-order valence-electron chi connectivity index (χ2n) is 2.07. The van der Waals surface area contributed by atoms with Crippen LogP contribution in [0.2, 0.25) is 0 Å². The lowest BCUT2D eigenvalue weighted by Crippen LogP contribution is -2.35. The van der Waals surface area contributed by atoms with Crippen molar-refractivity contribution in [2.75, 3.05) is 6.61 Å². The number of ether oxygens (including phenoxy) is 1. The van der Waals surface area contributed by atoms with E-state index in [0.717, 1.165) is 0 Å². The number of carbonyl (C=O) groups is 1. The van der Waals surface area contributed by atoms with Crippen molar-refractivity contribution in [1.29, 1.82) is 0 Å². The molecule has 0 saturated heterocycles. The van der Waals surface area contributed by atoms with Crippen LogP contribution in [0.15, 0.2) is 0 Å². The van der Waals surface area contributed by atoms with E-state index in [4.69, 9.17) is 15.5 Å². The molecule has 0 aromatic rings. The third-order valence-corrected chi connectivity index (χ3v) is 1.14. The molecule has 0 aliphatic rings. The molecule has 0 amide bonds. The van der Waals surface area contributed by atoms with Crippen molar-refractivity contribution in [2.24, 2.45) is 0 Å². The molecule has 72 valence electrons. The maximum Gasteiger partial charge on any atom is 0.307 e. The molecule has 0 saturated carbocycles. The van der Waals surface area contributed by atoms with Crippen molar-refractivity contribution >= 4 is 5.97 Å². The Balaban J connectivity index is 3.90. The first-order chi connectivity index (χ1) is 5.65. The number of hydrogen-bond acceptors (Lipinski definition) is 6. The lowest BCUT2D eigenvalue weighted by molar-refractivity contribution is -0.358. The van der Waals surface area contributed by atoms with Crippen LogP contribution in [-0.2, 0) is 14.4 Å². The highest BCUT2D eigenvalue weighted by molar-refractivity contribution is 5.69. The molecule has 2 atom stereocenters. The minimum absolute atomic E-state index is 0.0952. The highest BCUT2D eigenvalue weighted by atomic mass is 17.1. The van der Waals surface area contributed by atoms with Gasteiger partial charge in [-0.25, -0.2) is 5.26 Å². The Bertz CT molecular complexity index is 136. The standard InChI is InChI=1S/C6H12O6/c1-2-5(9)11-6(12-10)4(8)3-7/h4,6-8,10H,2-3H2,1H3. The van der Waals surface area contributed by atoms with Crippen molar-refractivity contribution < 1.29 is 29.9 Å². The van der Waals surface area contributed by atoms with Gasteiger partial charge in [0.2, 0.25) is 0 Å². The summed E-state index contributed by atoms with van der Waals surface area (Å²) in [5.74, 6) is -0.637. The molecule has 3 N–H and O–H groups in total. The van der Waals surface area contributed by atoms with Crippen LogP contribution >= 0.6 is 0 Å². The average Bonchev–Trinajstić information content (AvgIpc) is 2.12. The number of hydrogen-bond donors (Lipinski definition) is 3. The fraction of sp³-hybridized carbons (Fsp3) is 0.833. The van der Waals surface area contributed by atoms with Gasteiger partial charge in [-0.15, -0.1) is 0 Å². The summed E-state index contributed by atoms with van der Waals surface area (Å²) in [4.78, 5) is 14.2. The lowest BCUT2D eigenvalue weighted by Gasteiger charge is -2.17. The van der Waals surface area contributed by atoms with Crippen LogP contribution in [0.25, 0.3) is 0 Å². The van der Waals surface area contributed by atoms with Crippen molar-refractivity contribution in [3.8, 4) is 0 Å². The maximum absolute atomic E-state index is 10.6. The van der Waals surface area contributed by atoms with E-state index >= 15 is 0 Å². The second-order valence-corrected chi connectivity index (χ2v) is 2.07. The Morgan fingerprint density at radius 3 is 2.50 bits per heavy atom. The van der Waals surface area contributed by atoms with Gasteiger partial charge in [0, 0.05) is 6.42 Å². The fourth-order valence-corrected chi connectivity index (χ4v) is 0.469. The van der Waals surface area contributed by atoms with E-state index in [1.165, 1.54) is 0 Å². The van der Waals surface area contributed by atoms with Crippen LogP contribution in [0.3, 0.4) is 0 Å². The Morgan fingerprint density at radius 1 is 1.58 bits per heavy atom. The zero-order valence-electron chi connectivity index (χ0n) is 6.64. The first-order valence-corrected chi connectivity index (χ1v) is 3.44. The molecule has 6 heteroatoms. The smallest absolute Gasteiger partial charge is 0.307 e. The molecule has 2 unspecified atom stereocenters. The number of carbonyl (C=O) groups excluding carboxylic acids is 1. The van der Waals surface area contributed by atoms with Gasteiger partial charge in [0.15, 0.2) is 0 Å². The summed E-state index contributed by atoms with van der Waals surface area (Å²) in [5.41, 5.74) is 0. The quantitative estimate of drug-likeness (QED) is 0.220. The molecule has 0 heterocycles. The predicted octanol–water partition coefficient (Wildman–Crippen LogP) is -0.891. The molecular weight excluding hydrogens is 168 g/mol. The summed E-state index contributed by atoms with van der Waals surface area (Å²) < 4.78 is 4.38. The van der Waals surface area contributed by atoms with Gasteiger partial charge in [0.1, 0.15) is 6.10 Å². The van der Waals surface area contributed by atoms with E-state index in [-0.39, 0.29) is 6.42 Å². The summed E-state index contributed by atoms with van der Waals surface area (Å²) in [6.07, 6.45) is -2.87. The Kier molecular flexibility index (Phi) is 5.56. The summed E-state index contributed by atoms with van der Waals surface area (Å²) >= 11 is 0. The maximum atomic E-state index is 10.6. The number of rotatable bonds is 5. The van der Waals surface area contributed by atoms with Gasteiger partial charge in [-0.3, -0.25) is 4.79 Å². The van der Waals surface area contributed by atoms with Crippen molar-refractivity contribution in [2.45, 2.75) is 25.7 Å². The zero-order valence-corrected chi connectivity index (χ0v) is 6.64. The monoisotopic (exact) mass is 180 g/mol. The molecule has 0 rings (SSSR count). The van der Waals surface area contributed by atoms with Gasteiger partial charge in [0.05, 0.1) is 6.61 Å². The highest BCUT2D eigenvalue weighted by Crippen LogP contribution is 2.01. The largest absolute Gasteiger partial charge is 0.430 e. The third kappa shape index (κ3) is 3.63. The number of aliphatic hydroxyl groups excluding tert-OH is 2. The summed E-state index contributed by atoms with van der Waals surface area (Å²) in [5, 5.41) is 25.4. The van der Waals surface area contributed by atoms with Gasteiger partial charge in [-0.2, -0.15) is 4.89 Å². The molecule has 0 aromatic heterocycles. The van der Waals surface area contributed by atoms with E-state index in [1.807, 2.05) is 0 Å². The molecule has 0 spiro atoms. The molecule has 0 aliphatic heterocycles. The van der Waals surface area contributed by atoms with Crippen LogP contribution in [0, 0.1) is 0 Å². The first kappa shape index (κ1) is 11.3. The number of esters is 1. The van der Waals surface area contributed by atoms with E-state index in [0.29, 0.717) is 0 Å². The Hall–Kier alpha value is -0.690. The molecule has 0 radical (unpaired) electrons. The zero-order chi connectivity index (χ0) is 9.56. The predicted molar refractivity (Wildman–Crippen MR) is 37.0 cm³/mol. The molecule has 0 bridgehead atoms. The lowest BCUT2D eigenvalue weighted by atomic mass is 10.4. The van der Waals surface area contributed by atoms with E-state index in [2.05, 4.69) is 9.62 Å². The summed E-state index contributed by atoms with van der Waals surface area (Å²) in [7, 11) is 0. The topological polar surface area (TPSA) is 96.2 Å². The van der Waals surface area contributed by atoms with Crippen molar-refractivity contribution in [3.05, 3.63) is 0 Å². The van der Waals surface area contributed by atoms with E-state index < -0.39 is 25.0 Å². The molecule has 12 heavy (non-hydrogen) atoms. The Morgan fingerprint density at radius 2 is 2.17 bits per heavy atom. The van der Waals surface area contributed by atoms with Gasteiger partial charge < -0.3 is 14.9 Å². The first-order valence-electron chi connectivity index (χ1n) is 3.44. The van der Waals surface area contributed by atoms with Gasteiger partial charge in [-0.1, -0.05) is 6.92 Å². The van der Waals surface area contributed by atoms with Crippen LogP contribution in [0.1, 0.15) is 13.3 Å². The summed E-state index contributed by atoms with van der Waals surface area (Å²) in [6, 6.07) is 0. The van der Waals surface area contributed by atoms with Gasteiger partial charge >= 0.3 is 5.97 Å². The minimum Gasteiger partial charge on any atom is -0.430 e. The molecule has 0 aliphatic carbocycles. The third-order valence-electron chi connectivity index (χ3n) is 1.14. The minimum atomic E-state index is -1.53. The SMILES string of the molecule is CCC(=O)OC(OO)C(O)CO. The highest BCUT2D eigenvalue weighted by Gasteiger charge is 2.22. The van der Waals surface area contributed by atoms with Crippen LogP contribution < -0.4 is 0 Å².